The summed E-state index contributed by atoms with van der Waals surface area (Å²) in [6.45, 7) is 4.05. The van der Waals surface area contributed by atoms with Crippen molar-refractivity contribution in [2.45, 2.75) is 17.4 Å². The Morgan fingerprint density at radius 2 is 1.53 bits per heavy atom. The summed E-state index contributed by atoms with van der Waals surface area (Å²) < 4.78 is 1.67. The fourth-order valence-corrected chi connectivity index (χ4v) is 8.57. The van der Waals surface area contributed by atoms with Crippen molar-refractivity contribution >= 4 is 63.5 Å². The minimum atomic E-state index is -0.983. The van der Waals surface area contributed by atoms with E-state index in [2.05, 4.69) is 61.7 Å². The molecule has 0 unspecified atom stereocenters. The van der Waals surface area contributed by atoms with Gasteiger partial charge in [0.2, 0.25) is 0 Å². The number of carboxylic acids is 1. The van der Waals surface area contributed by atoms with Gasteiger partial charge in [0.05, 0.1) is 4.92 Å². The molecule has 1 fully saturated rings. The highest BCUT2D eigenvalue weighted by atomic mass is 35.5. The van der Waals surface area contributed by atoms with Crippen molar-refractivity contribution < 1.29 is 14.8 Å². The molecule has 1 atom stereocenters. The summed E-state index contributed by atoms with van der Waals surface area (Å²) in [4.78, 5) is 32.4. The van der Waals surface area contributed by atoms with Gasteiger partial charge in [-0.2, -0.15) is 0 Å². The van der Waals surface area contributed by atoms with E-state index in [-0.39, 0.29) is 22.3 Å². The number of benzene rings is 5. The van der Waals surface area contributed by atoms with Crippen molar-refractivity contribution in [3.63, 3.8) is 0 Å². The van der Waals surface area contributed by atoms with Crippen LogP contribution in [-0.2, 0) is 7.05 Å². The second-order valence-electron chi connectivity index (χ2n) is 14.9. The molecule has 5 aromatic carbocycles. The van der Waals surface area contributed by atoms with Gasteiger partial charge in [0.15, 0.2) is 0 Å². The number of hydrogen-bond acceptors (Lipinski definition) is 9. The minimum absolute atomic E-state index is 0.0303. The highest BCUT2D eigenvalue weighted by Crippen LogP contribution is 2.39. The number of rotatable bonds is 16. The molecular formula is C46H48ClN7O4S. The van der Waals surface area contributed by atoms with Crippen LogP contribution in [0.25, 0.3) is 22.3 Å². The Balaban J connectivity index is 0.993. The van der Waals surface area contributed by atoms with Gasteiger partial charge in [-0.25, -0.2) is 4.79 Å². The van der Waals surface area contributed by atoms with Crippen molar-refractivity contribution in [3.8, 4) is 22.3 Å². The molecule has 59 heavy (non-hydrogen) atoms. The molecule has 0 aliphatic carbocycles. The fourth-order valence-electron chi connectivity index (χ4n) is 7.46. The Hall–Kier alpha value is -5.95. The zero-order valence-corrected chi connectivity index (χ0v) is 34.9. The number of nitrogens with one attached hydrogen (secondary N) is 2. The van der Waals surface area contributed by atoms with Crippen molar-refractivity contribution in [1.29, 1.82) is 0 Å². The molecule has 304 valence electrons. The van der Waals surface area contributed by atoms with Crippen molar-refractivity contribution in [1.82, 2.24) is 9.47 Å². The number of halogens is 1. The molecule has 1 aliphatic heterocycles. The highest BCUT2D eigenvalue weighted by molar-refractivity contribution is 7.99. The normalized spacial score (nSPS) is 13.4. The first kappa shape index (κ1) is 41.2. The lowest BCUT2D eigenvalue weighted by molar-refractivity contribution is -0.383. The van der Waals surface area contributed by atoms with Crippen LogP contribution in [0.5, 0.6) is 0 Å². The summed E-state index contributed by atoms with van der Waals surface area (Å²) in [7, 11) is 5.83. The van der Waals surface area contributed by atoms with Crippen LogP contribution in [0.2, 0.25) is 5.02 Å². The first-order valence-corrected chi connectivity index (χ1v) is 20.9. The van der Waals surface area contributed by atoms with Crippen molar-refractivity contribution in [2.75, 3.05) is 73.0 Å². The Morgan fingerprint density at radius 3 is 2.19 bits per heavy atom. The van der Waals surface area contributed by atoms with E-state index in [0.29, 0.717) is 22.0 Å². The lowest BCUT2D eigenvalue weighted by Crippen LogP contribution is -2.46. The average molecular weight is 830 g/mol. The number of aromatic carboxylic acids is 1. The summed E-state index contributed by atoms with van der Waals surface area (Å²) in [6.07, 6.45) is 2.71. The Labute approximate surface area is 354 Å². The summed E-state index contributed by atoms with van der Waals surface area (Å²) in [5, 5.41) is 29.9. The van der Waals surface area contributed by atoms with E-state index in [1.165, 1.54) is 4.90 Å². The molecule has 0 spiro atoms. The van der Waals surface area contributed by atoms with E-state index in [1.807, 2.05) is 93.1 Å². The number of nitro benzene ring substituents is 1. The van der Waals surface area contributed by atoms with Crippen LogP contribution in [0.15, 0.2) is 132 Å². The van der Waals surface area contributed by atoms with E-state index in [1.54, 1.807) is 35.5 Å². The number of nitrogens with zero attached hydrogens (tertiary/aromatic N) is 5. The van der Waals surface area contributed by atoms with Crippen LogP contribution in [0.4, 0.5) is 34.1 Å². The standard InChI is InChI=1S/C46H48ClN7O4S/c1-50(2)23-22-37(31-59-40-10-5-4-6-11-40)49-42-21-18-36(29-43(42)54(57)58)48-35-16-19-38(20-17-35)52-24-26-53(27-25-52)39-9-7-8-33(28-39)44-41(30-51(3)45(44)46(55)56)32-12-14-34(47)15-13-32/h4-21,28-30,37,48-49H,22-27,31H2,1-3H3,(H,55,56)/t37-/m1/s1. The molecule has 7 rings (SSSR count). The van der Waals surface area contributed by atoms with E-state index in [0.717, 1.165) is 78.6 Å². The number of aromatic nitrogens is 1. The van der Waals surface area contributed by atoms with Gasteiger partial charge < -0.3 is 35.0 Å². The molecule has 6 aromatic rings. The minimum Gasteiger partial charge on any atom is -0.477 e. The van der Waals surface area contributed by atoms with E-state index >= 15 is 0 Å². The summed E-state index contributed by atoms with van der Waals surface area (Å²) in [5.41, 5.74) is 7.62. The summed E-state index contributed by atoms with van der Waals surface area (Å²) in [5.74, 6) is -0.205. The maximum Gasteiger partial charge on any atom is 0.353 e. The number of aryl methyl sites for hydroxylation is 1. The Morgan fingerprint density at radius 1 is 0.847 bits per heavy atom. The first-order chi connectivity index (χ1) is 28.5. The third kappa shape index (κ3) is 10.2. The maximum atomic E-state index is 12.5. The van der Waals surface area contributed by atoms with Crippen LogP contribution >= 0.6 is 23.4 Å². The third-order valence-corrected chi connectivity index (χ3v) is 11.9. The van der Waals surface area contributed by atoms with E-state index in [9.17, 15) is 20.0 Å². The van der Waals surface area contributed by atoms with Crippen LogP contribution in [0.1, 0.15) is 16.9 Å². The zero-order valence-electron chi connectivity index (χ0n) is 33.3. The van der Waals surface area contributed by atoms with Crippen LogP contribution in [0.3, 0.4) is 0 Å². The number of anilines is 5. The van der Waals surface area contributed by atoms with Gasteiger partial charge in [0, 0.05) is 101 Å². The third-order valence-electron chi connectivity index (χ3n) is 10.5. The first-order valence-electron chi connectivity index (χ1n) is 19.6. The molecule has 11 nitrogen and oxygen atoms in total. The second-order valence-corrected chi connectivity index (χ2v) is 16.5. The van der Waals surface area contributed by atoms with Gasteiger partial charge in [0.1, 0.15) is 11.4 Å². The van der Waals surface area contributed by atoms with Crippen molar-refractivity contribution in [2.24, 2.45) is 7.05 Å². The van der Waals surface area contributed by atoms with Gasteiger partial charge in [-0.15, -0.1) is 11.8 Å². The fraction of sp³-hybridized carbons (Fsp3) is 0.239. The largest absolute Gasteiger partial charge is 0.477 e. The predicted molar refractivity (Wildman–Crippen MR) is 243 cm³/mol. The van der Waals surface area contributed by atoms with E-state index in [4.69, 9.17) is 11.6 Å². The zero-order chi connectivity index (χ0) is 41.5. The van der Waals surface area contributed by atoms with Gasteiger partial charge in [-0.3, -0.25) is 10.1 Å². The molecule has 2 heterocycles. The number of carbonyl (C=O) groups is 1. The highest BCUT2D eigenvalue weighted by Gasteiger charge is 2.24. The van der Waals surface area contributed by atoms with E-state index < -0.39 is 5.97 Å². The molecule has 13 heteroatoms. The number of hydrogen-bond donors (Lipinski definition) is 3. The SMILES string of the molecule is CN(C)CC[C@H](CSc1ccccc1)Nc1ccc(Nc2ccc(N3CCN(c4cccc(-c5c(-c6ccc(Cl)cc6)cn(C)c5C(=O)O)c4)CC3)cc2)cc1[N+](=O)[O-]. The van der Waals surface area contributed by atoms with Crippen LogP contribution in [0, 0.1) is 10.1 Å². The lowest BCUT2D eigenvalue weighted by Gasteiger charge is -2.37. The lowest BCUT2D eigenvalue weighted by atomic mass is 9.96. The summed E-state index contributed by atoms with van der Waals surface area (Å²) in [6, 6.07) is 39.2. The van der Waals surface area contributed by atoms with Crippen molar-refractivity contribution in [3.05, 3.63) is 148 Å². The molecule has 0 saturated carbocycles. The molecule has 1 saturated heterocycles. The molecule has 0 radical (unpaired) electrons. The Kier molecular flexibility index (Phi) is 13.1. The van der Waals surface area contributed by atoms with Crippen LogP contribution < -0.4 is 20.4 Å². The Bertz CT molecular complexity index is 2380. The topological polar surface area (TPSA) is 119 Å². The predicted octanol–water partition coefficient (Wildman–Crippen LogP) is 10.2. The quantitative estimate of drug-likeness (QED) is 0.0494. The molecule has 0 bridgehead atoms. The molecule has 1 aliphatic rings. The maximum absolute atomic E-state index is 12.5. The molecule has 3 N–H and O–H groups in total. The monoisotopic (exact) mass is 829 g/mol. The molecule has 0 amide bonds. The summed E-state index contributed by atoms with van der Waals surface area (Å²) >= 11 is 7.91. The smallest absolute Gasteiger partial charge is 0.353 e. The molecular weight excluding hydrogens is 782 g/mol. The van der Waals surface area contributed by atoms with Gasteiger partial charge in [-0.1, -0.05) is 54.1 Å². The van der Waals surface area contributed by atoms with Gasteiger partial charge >= 0.3 is 5.97 Å². The average Bonchev–Trinajstić information content (AvgIpc) is 3.60. The van der Waals surface area contributed by atoms with Crippen LogP contribution in [-0.4, -0.2) is 84.1 Å². The number of thioether (sulfide) groups is 1. The second kappa shape index (κ2) is 18.8. The number of nitro groups is 1. The van der Waals surface area contributed by atoms with Gasteiger partial charge in [-0.05, 0) is 111 Å². The van der Waals surface area contributed by atoms with Gasteiger partial charge in [0.25, 0.3) is 5.69 Å². The number of piperazine rings is 1. The number of carboxylic acid groups (broad SMARTS) is 1. The molecule has 1 aromatic heterocycles.